The maximum absolute atomic E-state index is 5.22. The van der Waals surface area contributed by atoms with Gasteiger partial charge in [-0.2, -0.15) is 0 Å². The SMILES string of the molecule is C[C@@H](NC(=S)NC1CC1)c1ccccc1. The minimum Gasteiger partial charge on any atom is -0.360 e. The highest BCUT2D eigenvalue weighted by Crippen LogP contribution is 2.18. The minimum absolute atomic E-state index is 0.268. The molecule has 0 radical (unpaired) electrons. The van der Waals surface area contributed by atoms with Crippen LogP contribution in [0.25, 0.3) is 0 Å². The van der Waals surface area contributed by atoms with Crippen molar-refractivity contribution in [2.24, 2.45) is 0 Å². The van der Waals surface area contributed by atoms with Gasteiger partial charge in [0.25, 0.3) is 0 Å². The van der Waals surface area contributed by atoms with E-state index in [1.807, 2.05) is 18.2 Å². The Morgan fingerprint density at radius 3 is 2.60 bits per heavy atom. The van der Waals surface area contributed by atoms with E-state index in [0.29, 0.717) is 6.04 Å². The van der Waals surface area contributed by atoms with E-state index in [1.165, 1.54) is 18.4 Å². The molecule has 0 saturated heterocycles. The maximum Gasteiger partial charge on any atom is 0.166 e. The van der Waals surface area contributed by atoms with Crippen LogP contribution in [-0.2, 0) is 0 Å². The van der Waals surface area contributed by atoms with Crippen LogP contribution in [0.15, 0.2) is 30.3 Å². The van der Waals surface area contributed by atoms with E-state index < -0.39 is 0 Å². The zero-order valence-electron chi connectivity index (χ0n) is 8.86. The second-order valence-electron chi connectivity index (χ2n) is 4.02. The smallest absolute Gasteiger partial charge is 0.166 e. The Hall–Kier alpha value is -1.09. The van der Waals surface area contributed by atoms with Crippen LogP contribution < -0.4 is 10.6 Å². The van der Waals surface area contributed by atoms with Gasteiger partial charge in [0, 0.05) is 6.04 Å². The minimum atomic E-state index is 0.268. The molecule has 1 saturated carbocycles. The molecule has 80 valence electrons. The maximum atomic E-state index is 5.22. The van der Waals surface area contributed by atoms with Crippen LogP contribution in [0.3, 0.4) is 0 Å². The zero-order valence-corrected chi connectivity index (χ0v) is 9.68. The van der Waals surface area contributed by atoms with Gasteiger partial charge in [-0.25, -0.2) is 0 Å². The molecule has 0 bridgehead atoms. The molecule has 2 nitrogen and oxygen atoms in total. The van der Waals surface area contributed by atoms with E-state index >= 15 is 0 Å². The molecule has 0 aromatic heterocycles. The summed E-state index contributed by atoms with van der Waals surface area (Å²) in [5.41, 5.74) is 1.26. The number of hydrogen-bond donors (Lipinski definition) is 2. The average molecular weight is 220 g/mol. The van der Waals surface area contributed by atoms with Gasteiger partial charge in [-0.15, -0.1) is 0 Å². The third-order valence-electron chi connectivity index (χ3n) is 2.56. The van der Waals surface area contributed by atoms with Crippen molar-refractivity contribution >= 4 is 17.3 Å². The van der Waals surface area contributed by atoms with Gasteiger partial charge in [0.15, 0.2) is 5.11 Å². The van der Waals surface area contributed by atoms with E-state index in [2.05, 4.69) is 29.7 Å². The summed E-state index contributed by atoms with van der Waals surface area (Å²) >= 11 is 5.22. The molecule has 0 aliphatic heterocycles. The Labute approximate surface area is 96.1 Å². The Kier molecular flexibility index (Phi) is 3.21. The average Bonchev–Trinajstić information content (AvgIpc) is 3.03. The Morgan fingerprint density at radius 1 is 1.33 bits per heavy atom. The van der Waals surface area contributed by atoms with E-state index in [-0.39, 0.29) is 6.04 Å². The fourth-order valence-corrected chi connectivity index (χ4v) is 1.82. The van der Waals surface area contributed by atoms with Gasteiger partial charge in [-0.1, -0.05) is 30.3 Å². The van der Waals surface area contributed by atoms with Gasteiger partial charge in [0.05, 0.1) is 6.04 Å². The third kappa shape index (κ3) is 3.20. The Bertz CT molecular complexity index is 333. The zero-order chi connectivity index (χ0) is 10.7. The summed E-state index contributed by atoms with van der Waals surface area (Å²) in [4.78, 5) is 0. The van der Waals surface area contributed by atoms with Crippen LogP contribution in [0, 0.1) is 0 Å². The fraction of sp³-hybridized carbons (Fsp3) is 0.417. The number of thiocarbonyl (C=S) groups is 1. The predicted octanol–water partition coefficient (Wildman–Crippen LogP) is 2.37. The fourth-order valence-electron chi connectivity index (χ4n) is 1.48. The van der Waals surface area contributed by atoms with Crippen LogP contribution in [-0.4, -0.2) is 11.2 Å². The Balaban J connectivity index is 1.85. The summed E-state index contributed by atoms with van der Waals surface area (Å²) < 4.78 is 0. The summed E-state index contributed by atoms with van der Waals surface area (Å²) in [6.07, 6.45) is 2.50. The van der Waals surface area contributed by atoms with Gasteiger partial charge < -0.3 is 10.6 Å². The van der Waals surface area contributed by atoms with E-state index in [0.717, 1.165) is 5.11 Å². The molecule has 1 aliphatic rings. The summed E-state index contributed by atoms with van der Waals surface area (Å²) in [7, 11) is 0. The lowest BCUT2D eigenvalue weighted by molar-refractivity contribution is 0.697. The highest BCUT2D eigenvalue weighted by atomic mass is 32.1. The molecule has 3 heteroatoms. The molecule has 1 fully saturated rings. The van der Waals surface area contributed by atoms with Gasteiger partial charge in [0.1, 0.15) is 0 Å². The van der Waals surface area contributed by atoms with Crippen molar-refractivity contribution in [1.29, 1.82) is 0 Å². The molecular weight excluding hydrogens is 204 g/mol. The first-order valence-corrected chi connectivity index (χ1v) is 5.78. The third-order valence-corrected chi connectivity index (χ3v) is 2.80. The molecule has 1 aliphatic carbocycles. The number of rotatable bonds is 3. The molecule has 15 heavy (non-hydrogen) atoms. The monoisotopic (exact) mass is 220 g/mol. The predicted molar refractivity (Wildman–Crippen MR) is 66.7 cm³/mol. The van der Waals surface area contributed by atoms with Crippen molar-refractivity contribution in [1.82, 2.24) is 10.6 Å². The normalized spacial score (nSPS) is 16.9. The summed E-state index contributed by atoms with van der Waals surface area (Å²) in [6, 6.07) is 11.2. The molecule has 0 amide bonds. The highest BCUT2D eigenvalue weighted by Gasteiger charge is 2.22. The van der Waals surface area contributed by atoms with Crippen LogP contribution in [0.1, 0.15) is 31.4 Å². The van der Waals surface area contributed by atoms with Gasteiger partial charge in [0.2, 0.25) is 0 Å². The highest BCUT2D eigenvalue weighted by molar-refractivity contribution is 7.80. The first-order chi connectivity index (χ1) is 7.25. The quantitative estimate of drug-likeness (QED) is 0.765. The van der Waals surface area contributed by atoms with Crippen molar-refractivity contribution in [3.63, 3.8) is 0 Å². The van der Waals surface area contributed by atoms with Gasteiger partial charge >= 0.3 is 0 Å². The van der Waals surface area contributed by atoms with Crippen molar-refractivity contribution < 1.29 is 0 Å². The van der Waals surface area contributed by atoms with Crippen LogP contribution in [0.4, 0.5) is 0 Å². The van der Waals surface area contributed by atoms with Crippen LogP contribution in [0.2, 0.25) is 0 Å². The molecular formula is C12H16N2S. The standard InChI is InChI=1S/C12H16N2S/c1-9(10-5-3-2-4-6-10)13-12(15)14-11-7-8-11/h2-6,9,11H,7-8H2,1H3,(H2,13,14,15)/t9-/m1/s1. The lowest BCUT2D eigenvalue weighted by atomic mass is 10.1. The first kappa shape index (κ1) is 10.4. The first-order valence-electron chi connectivity index (χ1n) is 5.37. The largest absolute Gasteiger partial charge is 0.360 e. The number of nitrogens with one attached hydrogen (secondary N) is 2. The summed E-state index contributed by atoms with van der Waals surface area (Å²) in [6.45, 7) is 2.12. The van der Waals surface area contributed by atoms with Gasteiger partial charge in [-0.05, 0) is 37.5 Å². The molecule has 1 aromatic carbocycles. The topological polar surface area (TPSA) is 24.1 Å². The Morgan fingerprint density at radius 2 is 2.00 bits per heavy atom. The molecule has 1 atom stereocenters. The lowest BCUT2D eigenvalue weighted by Crippen LogP contribution is -2.37. The van der Waals surface area contributed by atoms with E-state index in [1.54, 1.807) is 0 Å². The molecule has 1 aromatic rings. The van der Waals surface area contributed by atoms with E-state index in [9.17, 15) is 0 Å². The number of benzene rings is 1. The van der Waals surface area contributed by atoms with Crippen molar-refractivity contribution in [3.05, 3.63) is 35.9 Å². The molecule has 0 heterocycles. The van der Waals surface area contributed by atoms with Crippen molar-refractivity contribution in [3.8, 4) is 0 Å². The molecule has 0 spiro atoms. The summed E-state index contributed by atoms with van der Waals surface area (Å²) in [5.74, 6) is 0. The van der Waals surface area contributed by atoms with Crippen LogP contribution in [0.5, 0.6) is 0 Å². The van der Waals surface area contributed by atoms with Crippen molar-refractivity contribution in [2.75, 3.05) is 0 Å². The van der Waals surface area contributed by atoms with E-state index in [4.69, 9.17) is 12.2 Å². The van der Waals surface area contributed by atoms with Gasteiger partial charge in [-0.3, -0.25) is 0 Å². The molecule has 2 N–H and O–H groups in total. The van der Waals surface area contributed by atoms with Crippen LogP contribution >= 0.6 is 12.2 Å². The van der Waals surface area contributed by atoms with Crippen molar-refractivity contribution in [2.45, 2.75) is 31.8 Å². The lowest BCUT2D eigenvalue weighted by Gasteiger charge is -2.16. The molecule has 2 rings (SSSR count). The molecule has 0 unspecified atom stereocenters. The second kappa shape index (κ2) is 4.62. The number of hydrogen-bond acceptors (Lipinski definition) is 1. The second-order valence-corrected chi connectivity index (χ2v) is 4.43. The summed E-state index contributed by atoms with van der Waals surface area (Å²) in [5, 5.41) is 7.33.